The number of nitrogens with zero attached hydrogens (tertiary/aromatic N) is 1. The first kappa shape index (κ1) is 15.9. The van der Waals surface area contributed by atoms with Gasteiger partial charge in [0.2, 0.25) is 0 Å². The summed E-state index contributed by atoms with van der Waals surface area (Å²) in [4.78, 5) is 2.61. The van der Waals surface area contributed by atoms with Gasteiger partial charge in [-0.1, -0.05) is 6.92 Å². The quantitative estimate of drug-likeness (QED) is 0.757. The van der Waals surface area contributed by atoms with E-state index in [1.54, 1.807) is 0 Å². The lowest BCUT2D eigenvalue weighted by molar-refractivity contribution is 0.00342. The molecular weight excluding hydrogens is 224 g/mol. The van der Waals surface area contributed by atoms with Crippen LogP contribution in [0.2, 0.25) is 0 Å². The van der Waals surface area contributed by atoms with E-state index in [1.807, 2.05) is 7.11 Å². The molecule has 1 fully saturated rings. The van der Waals surface area contributed by atoms with Crippen molar-refractivity contribution in [3.63, 3.8) is 0 Å². The summed E-state index contributed by atoms with van der Waals surface area (Å²) in [5.41, 5.74) is 0.0141. The van der Waals surface area contributed by atoms with Crippen LogP contribution in [0.25, 0.3) is 0 Å². The van der Waals surface area contributed by atoms with E-state index in [0.717, 1.165) is 25.4 Å². The van der Waals surface area contributed by atoms with Crippen LogP contribution in [0.3, 0.4) is 0 Å². The van der Waals surface area contributed by atoms with Crippen LogP contribution in [-0.2, 0) is 4.74 Å². The van der Waals surface area contributed by atoms with E-state index in [1.165, 1.54) is 25.9 Å². The molecule has 3 nitrogen and oxygen atoms in total. The van der Waals surface area contributed by atoms with E-state index in [0.29, 0.717) is 6.04 Å². The van der Waals surface area contributed by atoms with Crippen molar-refractivity contribution in [3.8, 4) is 0 Å². The Bertz CT molecular complexity index is 231. The average molecular weight is 256 g/mol. The Labute approximate surface area is 113 Å². The van der Waals surface area contributed by atoms with Crippen LogP contribution < -0.4 is 5.32 Å². The van der Waals surface area contributed by atoms with Crippen molar-refractivity contribution < 1.29 is 4.74 Å². The van der Waals surface area contributed by atoms with Crippen molar-refractivity contribution in [2.75, 3.05) is 33.3 Å². The summed E-state index contributed by atoms with van der Waals surface area (Å²) in [6.45, 7) is 13.6. The van der Waals surface area contributed by atoms with Gasteiger partial charge in [0.15, 0.2) is 0 Å². The molecule has 108 valence electrons. The van der Waals surface area contributed by atoms with Gasteiger partial charge in [-0.3, -0.25) is 0 Å². The Morgan fingerprint density at radius 1 is 1.44 bits per heavy atom. The Kier molecular flexibility index (Phi) is 6.61. The Morgan fingerprint density at radius 2 is 2.17 bits per heavy atom. The van der Waals surface area contributed by atoms with E-state index in [-0.39, 0.29) is 5.60 Å². The summed E-state index contributed by atoms with van der Waals surface area (Å²) in [5.74, 6) is 0.810. The molecule has 18 heavy (non-hydrogen) atoms. The van der Waals surface area contributed by atoms with E-state index in [4.69, 9.17) is 4.74 Å². The van der Waals surface area contributed by atoms with Gasteiger partial charge in [0.25, 0.3) is 0 Å². The zero-order valence-corrected chi connectivity index (χ0v) is 13.0. The molecule has 1 saturated heterocycles. The van der Waals surface area contributed by atoms with Crippen LogP contribution in [-0.4, -0.2) is 49.8 Å². The van der Waals surface area contributed by atoms with E-state index < -0.39 is 0 Å². The molecule has 1 aliphatic rings. The topological polar surface area (TPSA) is 24.5 Å². The fraction of sp³-hybridized carbons (Fsp3) is 1.00. The maximum absolute atomic E-state index is 5.50. The second-order valence-electron chi connectivity index (χ2n) is 6.26. The Hall–Kier alpha value is -0.120. The van der Waals surface area contributed by atoms with Crippen LogP contribution >= 0.6 is 0 Å². The van der Waals surface area contributed by atoms with Crippen LogP contribution in [0.5, 0.6) is 0 Å². The number of methoxy groups -OCH3 is 1. The molecule has 0 saturated carbocycles. The number of nitrogens with one attached hydrogen (secondary N) is 1. The molecule has 1 heterocycles. The summed E-state index contributed by atoms with van der Waals surface area (Å²) in [6, 6.07) is 0.647. The first-order valence-electron chi connectivity index (χ1n) is 7.49. The van der Waals surface area contributed by atoms with E-state index in [2.05, 4.69) is 37.9 Å². The minimum atomic E-state index is 0.0141. The molecule has 1 aliphatic heterocycles. The minimum absolute atomic E-state index is 0.0141. The first-order chi connectivity index (χ1) is 8.48. The molecule has 3 heteroatoms. The lowest BCUT2D eigenvalue weighted by atomic mass is 9.91. The normalized spacial score (nSPS) is 24.2. The highest BCUT2D eigenvalue weighted by Crippen LogP contribution is 2.21. The molecule has 0 bridgehead atoms. The maximum atomic E-state index is 5.50. The molecule has 0 aromatic rings. The summed E-state index contributed by atoms with van der Waals surface area (Å²) >= 11 is 0. The summed E-state index contributed by atoms with van der Waals surface area (Å²) < 4.78 is 5.50. The van der Waals surface area contributed by atoms with Crippen molar-refractivity contribution in [1.29, 1.82) is 0 Å². The highest BCUT2D eigenvalue weighted by Gasteiger charge is 2.25. The Balaban J connectivity index is 2.35. The van der Waals surface area contributed by atoms with Crippen molar-refractivity contribution in [2.45, 2.75) is 58.6 Å². The predicted octanol–water partition coefficient (Wildman–Crippen LogP) is 2.51. The maximum Gasteiger partial charge on any atom is 0.0634 e. The summed E-state index contributed by atoms with van der Waals surface area (Å²) in [6.07, 6.45) is 3.83. The van der Waals surface area contributed by atoms with Gasteiger partial charge in [-0.25, -0.2) is 0 Å². The third-order valence-corrected chi connectivity index (χ3v) is 4.36. The second kappa shape index (κ2) is 7.46. The SMILES string of the molecule is CCNC(C)C1CCCN(CCC(C)(C)OC)C1. The molecule has 0 aromatic heterocycles. The third kappa shape index (κ3) is 5.25. The number of hydrogen-bond acceptors (Lipinski definition) is 3. The number of hydrogen-bond donors (Lipinski definition) is 1. The molecule has 0 aliphatic carbocycles. The molecule has 1 rings (SSSR count). The van der Waals surface area contributed by atoms with Crippen LogP contribution in [0.15, 0.2) is 0 Å². The molecule has 2 atom stereocenters. The van der Waals surface area contributed by atoms with Gasteiger partial charge < -0.3 is 15.0 Å². The number of ether oxygens (including phenoxy) is 1. The van der Waals surface area contributed by atoms with Crippen LogP contribution in [0.1, 0.15) is 47.0 Å². The summed E-state index contributed by atoms with van der Waals surface area (Å²) in [7, 11) is 1.81. The standard InChI is InChI=1S/C15H32N2O/c1-6-16-13(2)14-8-7-10-17(12-14)11-9-15(3,4)18-5/h13-14,16H,6-12H2,1-5H3. The number of piperidine rings is 1. The van der Waals surface area contributed by atoms with Crippen LogP contribution in [0.4, 0.5) is 0 Å². The van der Waals surface area contributed by atoms with E-state index in [9.17, 15) is 0 Å². The smallest absolute Gasteiger partial charge is 0.0634 e. The Morgan fingerprint density at radius 3 is 2.78 bits per heavy atom. The van der Waals surface area contributed by atoms with Crippen molar-refractivity contribution in [1.82, 2.24) is 10.2 Å². The van der Waals surface area contributed by atoms with Crippen molar-refractivity contribution in [2.24, 2.45) is 5.92 Å². The van der Waals surface area contributed by atoms with Crippen molar-refractivity contribution in [3.05, 3.63) is 0 Å². The molecule has 1 N–H and O–H groups in total. The highest BCUT2D eigenvalue weighted by atomic mass is 16.5. The third-order valence-electron chi connectivity index (χ3n) is 4.36. The first-order valence-corrected chi connectivity index (χ1v) is 7.49. The van der Waals surface area contributed by atoms with Gasteiger partial charge in [-0.05, 0) is 59.0 Å². The molecular formula is C15H32N2O. The predicted molar refractivity (Wildman–Crippen MR) is 78.0 cm³/mol. The number of rotatable bonds is 7. The fourth-order valence-corrected chi connectivity index (χ4v) is 2.72. The molecule has 0 radical (unpaired) electrons. The van der Waals surface area contributed by atoms with Gasteiger partial charge in [0.05, 0.1) is 5.60 Å². The molecule has 2 unspecified atom stereocenters. The highest BCUT2D eigenvalue weighted by molar-refractivity contribution is 4.81. The largest absolute Gasteiger partial charge is 0.379 e. The average Bonchev–Trinajstić information content (AvgIpc) is 2.37. The van der Waals surface area contributed by atoms with Gasteiger partial charge >= 0.3 is 0 Å². The zero-order valence-electron chi connectivity index (χ0n) is 13.0. The molecule has 0 spiro atoms. The second-order valence-corrected chi connectivity index (χ2v) is 6.26. The number of likely N-dealkylation sites (tertiary alicyclic amines) is 1. The van der Waals surface area contributed by atoms with Crippen molar-refractivity contribution >= 4 is 0 Å². The minimum Gasteiger partial charge on any atom is -0.379 e. The lowest BCUT2D eigenvalue weighted by Crippen LogP contribution is -2.45. The van der Waals surface area contributed by atoms with Gasteiger partial charge in [0.1, 0.15) is 0 Å². The van der Waals surface area contributed by atoms with Gasteiger partial charge in [0, 0.05) is 26.2 Å². The van der Waals surface area contributed by atoms with Gasteiger partial charge in [-0.15, -0.1) is 0 Å². The summed E-state index contributed by atoms with van der Waals surface area (Å²) in [5, 5.41) is 3.57. The molecule has 0 aromatic carbocycles. The van der Waals surface area contributed by atoms with Gasteiger partial charge in [-0.2, -0.15) is 0 Å². The lowest BCUT2D eigenvalue weighted by Gasteiger charge is -2.37. The monoisotopic (exact) mass is 256 g/mol. The van der Waals surface area contributed by atoms with Crippen LogP contribution in [0, 0.1) is 5.92 Å². The zero-order chi connectivity index (χ0) is 13.6. The fourth-order valence-electron chi connectivity index (χ4n) is 2.72. The van der Waals surface area contributed by atoms with E-state index >= 15 is 0 Å². The molecule has 0 amide bonds.